The van der Waals surface area contributed by atoms with Crippen molar-refractivity contribution in [1.82, 2.24) is 14.5 Å². The first-order chi connectivity index (χ1) is 7.22. The van der Waals surface area contributed by atoms with Gasteiger partial charge in [-0.05, 0) is 12.1 Å². The van der Waals surface area contributed by atoms with Crippen LogP contribution >= 0.6 is 22.6 Å². The Morgan fingerprint density at radius 3 is 3.00 bits per heavy atom. The molecule has 0 aliphatic heterocycles. The van der Waals surface area contributed by atoms with Crippen molar-refractivity contribution in [2.24, 2.45) is 0 Å². The van der Waals surface area contributed by atoms with Gasteiger partial charge < -0.3 is 5.73 Å². The van der Waals surface area contributed by atoms with Gasteiger partial charge in [-0.1, -0.05) is 22.6 Å². The van der Waals surface area contributed by atoms with Gasteiger partial charge in [-0.25, -0.2) is 9.97 Å². The van der Waals surface area contributed by atoms with Crippen molar-refractivity contribution >= 4 is 39.4 Å². The molecule has 0 atom stereocenters. The second-order valence-electron chi connectivity index (χ2n) is 3.04. The zero-order valence-corrected chi connectivity index (χ0v) is 10.0. The number of hydrogen-bond donors (Lipinski definition) is 1. The van der Waals surface area contributed by atoms with Crippen LogP contribution in [0, 0.1) is 0 Å². The number of nitrogens with two attached hydrogens (primary N) is 1. The van der Waals surface area contributed by atoms with E-state index in [1.165, 1.54) is 6.33 Å². The first-order valence-corrected chi connectivity index (χ1v) is 5.92. The molecule has 0 radical (unpaired) electrons. The number of pyridine rings is 1. The molecule has 0 bridgehead atoms. The van der Waals surface area contributed by atoms with Crippen LogP contribution in [-0.2, 0) is 6.54 Å². The van der Waals surface area contributed by atoms with E-state index < -0.39 is 0 Å². The van der Waals surface area contributed by atoms with Gasteiger partial charge in [-0.15, -0.1) is 0 Å². The number of rotatable bonds is 2. The lowest BCUT2D eigenvalue weighted by atomic mass is 10.3. The standard InChI is InChI=1S/C9H9IN4O/c10-3-4-14-5-12-8-6(9(14)15)1-2-7(11)13-8/h1-2,5H,3-4H2,(H2,11,13). The van der Waals surface area contributed by atoms with E-state index in [0.717, 1.165) is 4.43 Å². The molecule has 0 aliphatic carbocycles. The maximum Gasteiger partial charge on any atom is 0.262 e. The summed E-state index contributed by atoms with van der Waals surface area (Å²) in [7, 11) is 0. The van der Waals surface area contributed by atoms with Crippen LogP contribution in [0.2, 0.25) is 0 Å². The van der Waals surface area contributed by atoms with E-state index in [4.69, 9.17) is 5.73 Å². The largest absolute Gasteiger partial charge is 0.384 e. The van der Waals surface area contributed by atoms with Crippen LogP contribution in [0.15, 0.2) is 23.3 Å². The molecule has 0 aromatic carbocycles. The van der Waals surface area contributed by atoms with Gasteiger partial charge in [-0.2, -0.15) is 0 Å². The summed E-state index contributed by atoms with van der Waals surface area (Å²) in [5.74, 6) is 0.376. The third-order valence-corrected chi connectivity index (χ3v) is 2.52. The Balaban J connectivity index is 2.69. The fourth-order valence-electron chi connectivity index (χ4n) is 1.31. The zero-order chi connectivity index (χ0) is 10.8. The Morgan fingerprint density at radius 2 is 2.27 bits per heavy atom. The summed E-state index contributed by atoms with van der Waals surface area (Å²) in [5, 5.41) is 0.511. The average Bonchev–Trinajstić information content (AvgIpc) is 2.22. The molecule has 0 saturated carbocycles. The first-order valence-electron chi connectivity index (χ1n) is 4.40. The quantitative estimate of drug-likeness (QED) is 0.657. The lowest BCUT2D eigenvalue weighted by molar-refractivity contribution is 0.730. The molecule has 0 fully saturated rings. The van der Waals surface area contributed by atoms with Crippen LogP contribution in [0.5, 0.6) is 0 Å². The number of nitrogen functional groups attached to an aromatic ring is 1. The van der Waals surface area contributed by atoms with Crippen molar-refractivity contribution in [3.8, 4) is 0 Å². The molecule has 2 heterocycles. The van der Waals surface area contributed by atoms with Crippen LogP contribution in [0.4, 0.5) is 5.82 Å². The highest BCUT2D eigenvalue weighted by molar-refractivity contribution is 14.1. The van der Waals surface area contributed by atoms with E-state index >= 15 is 0 Å². The maximum atomic E-state index is 11.9. The Morgan fingerprint density at radius 1 is 1.47 bits per heavy atom. The van der Waals surface area contributed by atoms with E-state index in [-0.39, 0.29) is 5.56 Å². The number of anilines is 1. The summed E-state index contributed by atoms with van der Waals surface area (Å²) >= 11 is 2.21. The highest BCUT2D eigenvalue weighted by Gasteiger charge is 2.04. The second-order valence-corrected chi connectivity index (χ2v) is 4.12. The van der Waals surface area contributed by atoms with Gasteiger partial charge in [0, 0.05) is 11.0 Å². The highest BCUT2D eigenvalue weighted by atomic mass is 127. The van der Waals surface area contributed by atoms with Gasteiger partial charge in [0.25, 0.3) is 5.56 Å². The van der Waals surface area contributed by atoms with Gasteiger partial charge in [0.05, 0.1) is 5.39 Å². The molecule has 0 saturated heterocycles. The third kappa shape index (κ3) is 1.94. The van der Waals surface area contributed by atoms with Crippen LogP contribution in [0.25, 0.3) is 11.0 Å². The molecule has 6 heteroatoms. The number of aromatic nitrogens is 3. The molecule has 78 valence electrons. The predicted molar refractivity (Wildman–Crippen MR) is 67.1 cm³/mol. The molecule has 0 unspecified atom stereocenters. The van der Waals surface area contributed by atoms with Crippen LogP contribution in [-0.4, -0.2) is 19.0 Å². The smallest absolute Gasteiger partial charge is 0.262 e. The van der Waals surface area contributed by atoms with Crippen molar-refractivity contribution in [1.29, 1.82) is 0 Å². The molecular weight excluding hydrogens is 307 g/mol. The van der Waals surface area contributed by atoms with E-state index in [1.54, 1.807) is 16.7 Å². The maximum absolute atomic E-state index is 11.9. The number of alkyl halides is 1. The molecule has 5 nitrogen and oxygen atoms in total. The summed E-state index contributed by atoms with van der Waals surface area (Å²) in [6, 6.07) is 3.27. The van der Waals surface area contributed by atoms with Crippen molar-refractivity contribution in [3.63, 3.8) is 0 Å². The van der Waals surface area contributed by atoms with E-state index in [1.807, 2.05) is 0 Å². The van der Waals surface area contributed by atoms with Crippen LogP contribution in [0.3, 0.4) is 0 Å². The van der Waals surface area contributed by atoms with Crippen molar-refractivity contribution in [3.05, 3.63) is 28.8 Å². The number of fused-ring (bicyclic) bond motifs is 1. The molecule has 2 rings (SSSR count). The topological polar surface area (TPSA) is 73.8 Å². The summed E-state index contributed by atoms with van der Waals surface area (Å²) in [4.78, 5) is 19.9. The Kier molecular flexibility index (Phi) is 2.85. The second kappa shape index (κ2) is 4.13. The van der Waals surface area contributed by atoms with E-state index in [2.05, 4.69) is 32.6 Å². The minimum atomic E-state index is -0.0656. The minimum Gasteiger partial charge on any atom is -0.384 e. The molecule has 2 aromatic rings. The number of hydrogen-bond acceptors (Lipinski definition) is 4. The van der Waals surface area contributed by atoms with Gasteiger partial charge in [0.1, 0.15) is 12.1 Å². The normalized spacial score (nSPS) is 10.7. The number of aryl methyl sites for hydroxylation is 1. The van der Waals surface area contributed by atoms with E-state index in [0.29, 0.717) is 23.4 Å². The Bertz CT molecular complexity index is 551. The Hall–Kier alpha value is -1.18. The fourth-order valence-corrected chi connectivity index (χ4v) is 1.83. The summed E-state index contributed by atoms with van der Waals surface area (Å²) in [5.41, 5.74) is 5.85. The van der Waals surface area contributed by atoms with E-state index in [9.17, 15) is 4.79 Å². The van der Waals surface area contributed by atoms with Crippen LogP contribution < -0.4 is 11.3 Å². The predicted octanol–water partition coefficient (Wildman–Crippen LogP) is 0.809. The molecular formula is C9H9IN4O. The lowest BCUT2D eigenvalue weighted by Gasteiger charge is -2.03. The molecule has 2 aromatic heterocycles. The number of halogens is 1. The monoisotopic (exact) mass is 316 g/mol. The molecule has 0 aliphatic rings. The van der Waals surface area contributed by atoms with Crippen molar-refractivity contribution in [2.45, 2.75) is 6.54 Å². The SMILES string of the molecule is Nc1ccc2c(=O)n(CCI)cnc2n1. The Labute approximate surface area is 99.5 Å². The van der Waals surface area contributed by atoms with Crippen molar-refractivity contribution in [2.75, 3.05) is 10.2 Å². The zero-order valence-electron chi connectivity index (χ0n) is 7.85. The van der Waals surface area contributed by atoms with Crippen LogP contribution in [0.1, 0.15) is 0 Å². The highest BCUT2D eigenvalue weighted by Crippen LogP contribution is 2.06. The van der Waals surface area contributed by atoms with Gasteiger partial charge >= 0.3 is 0 Å². The minimum absolute atomic E-state index is 0.0656. The first kappa shape index (κ1) is 10.3. The summed E-state index contributed by atoms with van der Waals surface area (Å²) in [6.07, 6.45) is 1.51. The molecule has 0 spiro atoms. The van der Waals surface area contributed by atoms with Gasteiger partial charge in [0.2, 0.25) is 0 Å². The van der Waals surface area contributed by atoms with Gasteiger partial charge in [-0.3, -0.25) is 9.36 Å². The fraction of sp³-hybridized carbons (Fsp3) is 0.222. The lowest BCUT2D eigenvalue weighted by Crippen LogP contribution is -2.21. The molecule has 0 amide bonds. The average molecular weight is 316 g/mol. The summed E-state index contributed by atoms with van der Waals surface area (Å²) < 4.78 is 2.44. The summed E-state index contributed by atoms with van der Waals surface area (Å²) in [6.45, 7) is 0.659. The third-order valence-electron chi connectivity index (χ3n) is 2.03. The van der Waals surface area contributed by atoms with Crippen molar-refractivity contribution < 1.29 is 0 Å². The van der Waals surface area contributed by atoms with Gasteiger partial charge in [0.15, 0.2) is 5.65 Å². The number of nitrogens with zero attached hydrogens (tertiary/aromatic N) is 3. The molecule has 2 N–H and O–H groups in total. The molecule has 15 heavy (non-hydrogen) atoms.